The summed E-state index contributed by atoms with van der Waals surface area (Å²) in [6.45, 7) is 1.97. The second-order valence-electron chi connectivity index (χ2n) is 6.76. The lowest BCUT2D eigenvalue weighted by Crippen LogP contribution is -2.55. The minimum Gasteiger partial charge on any atom is -0.364 e. The number of rotatable bonds is 6. The van der Waals surface area contributed by atoms with Gasteiger partial charge in [0.2, 0.25) is 0 Å². The Bertz CT molecular complexity index is 862. The van der Waals surface area contributed by atoms with E-state index in [4.69, 9.17) is 11.5 Å². The first-order valence-electron chi connectivity index (χ1n) is 9.09. The molecule has 2 unspecified atom stereocenters. The first kappa shape index (κ1) is 19.9. The number of nitrogens with one attached hydrogen (secondary N) is 2. The maximum absolute atomic E-state index is 13.9. The standard InChI is InChI=1S/C18H23F2N7O/c1-2-10-8-11(5-7-23-10)25-17-14(16(22)28)24-9-13(27-17)26-12-4-3-6-18(19,20)15(12)21/h5,7-9,12,15H,2-4,6,21H2,1H3,(H2,22,28)(H2,23,25,26,27). The number of hydrogen-bond donors (Lipinski definition) is 4. The highest BCUT2D eigenvalue weighted by Gasteiger charge is 2.44. The van der Waals surface area contributed by atoms with Crippen molar-refractivity contribution in [2.75, 3.05) is 10.6 Å². The number of carbonyl (C=O) groups is 1. The highest BCUT2D eigenvalue weighted by molar-refractivity contribution is 5.96. The average molecular weight is 391 g/mol. The molecule has 2 aromatic rings. The normalized spacial score (nSPS) is 21.1. The van der Waals surface area contributed by atoms with Gasteiger partial charge in [-0.25, -0.2) is 18.7 Å². The van der Waals surface area contributed by atoms with Crippen molar-refractivity contribution in [1.29, 1.82) is 0 Å². The third-order valence-corrected chi connectivity index (χ3v) is 4.73. The molecule has 1 amide bonds. The fourth-order valence-corrected chi connectivity index (χ4v) is 3.16. The van der Waals surface area contributed by atoms with Crippen molar-refractivity contribution >= 4 is 23.2 Å². The number of primary amides is 1. The first-order valence-corrected chi connectivity index (χ1v) is 9.09. The maximum Gasteiger partial charge on any atom is 0.271 e. The van der Waals surface area contributed by atoms with Crippen molar-refractivity contribution < 1.29 is 13.6 Å². The Morgan fingerprint density at radius 2 is 2.18 bits per heavy atom. The van der Waals surface area contributed by atoms with E-state index in [0.29, 0.717) is 18.5 Å². The third-order valence-electron chi connectivity index (χ3n) is 4.73. The van der Waals surface area contributed by atoms with Gasteiger partial charge < -0.3 is 22.1 Å². The molecule has 1 fully saturated rings. The molecule has 0 radical (unpaired) electrons. The van der Waals surface area contributed by atoms with Crippen LogP contribution in [-0.2, 0) is 6.42 Å². The van der Waals surface area contributed by atoms with E-state index in [9.17, 15) is 13.6 Å². The van der Waals surface area contributed by atoms with Crippen molar-refractivity contribution in [3.05, 3.63) is 35.9 Å². The monoisotopic (exact) mass is 391 g/mol. The Morgan fingerprint density at radius 3 is 2.89 bits per heavy atom. The van der Waals surface area contributed by atoms with Gasteiger partial charge in [-0.05, 0) is 31.4 Å². The molecule has 6 N–H and O–H groups in total. The van der Waals surface area contributed by atoms with Crippen LogP contribution < -0.4 is 22.1 Å². The van der Waals surface area contributed by atoms with E-state index >= 15 is 0 Å². The summed E-state index contributed by atoms with van der Waals surface area (Å²) in [5, 5.41) is 5.92. The number of alkyl halides is 2. The van der Waals surface area contributed by atoms with Crippen LogP contribution in [0.25, 0.3) is 0 Å². The molecule has 150 valence electrons. The van der Waals surface area contributed by atoms with Crippen molar-refractivity contribution in [3.63, 3.8) is 0 Å². The van der Waals surface area contributed by atoms with E-state index in [1.165, 1.54) is 6.20 Å². The summed E-state index contributed by atoms with van der Waals surface area (Å²) in [5.41, 5.74) is 12.5. The Morgan fingerprint density at radius 1 is 1.39 bits per heavy atom. The molecule has 0 saturated heterocycles. The predicted octanol–water partition coefficient (Wildman–Crippen LogP) is 2.20. The molecule has 0 spiro atoms. The zero-order chi connectivity index (χ0) is 20.3. The van der Waals surface area contributed by atoms with Crippen LogP contribution in [0.5, 0.6) is 0 Å². The number of carbonyl (C=O) groups excluding carboxylic acids is 1. The maximum atomic E-state index is 13.9. The summed E-state index contributed by atoms with van der Waals surface area (Å²) in [6, 6.07) is 1.54. The van der Waals surface area contributed by atoms with E-state index in [-0.39, 0.29) is 23.8 Å². The minimum atomic E-state index is -2.94. The summed E-state index contributed by atoms with van der Waals surface area (Å²) in [4.78, 5) is 24.3. The summed E-state index contributed by atoms with van der Waals surface area (Å²) in [6.07, 6.45) is 4.26. The third kappa shape index (κ3) is 4.33. The molecule has 2 heterocycles. The second-order valence-corrected chi connectivity index (χ2v) is 6.76. The van der Waals surface area contributed by atoms with Gasteiger partial charge in [0, 0.05) is 30.0 Å². The van der Waals surface area contributed by atoms with Gasteiger partial charge in [-0.2, -0.15) is 0 Å². The SMILES string of the molecule is CCc1cc(Nc2nc(NC3CCCC(F)(F)C3N)cnc2C(N)=O)ccn1. The van der Waals surface area contributed by atoms with Gasteiger partial charge in [0.15, 0.2) is 11.5 Å². The zero-order valence-corrected chi connectivity index (χ0v) is 15.5. The number of aromatic nitrogens is 3. The van der Waals surface area contributed by atoms with Gasteiger partial charge in [-0.15, -0.1) is 0 Å². The number of hydrogen-bond acceptors (Lipinski definition) is 7. The topological polar surface area (TPSA) is 132 Å². The van der Waals surface area contributed by atoms with Crippen molar-refractivity contribution in [3.8, 4) is 0 Å². The molecule has 10 heteroatoms. The number of anilines is 3. The highest BCUT2D eigenvalue weighted by Crippen LogP contribution is 2.33. The molecule has 2 aromatic heterocycles. The minimum absolute atomic E-state index is 0.0568. The van der Waals surface area contributed by atoms with Gasteiger partial charge in [0.25, 0.3) is 11.8 Å². The van der Waals surface area contributed by atoms with Crippen molar-refractivity contribution in [2.24, 2.45) is 11.5 Å². The summed E-state index contributed by atoms with van der Waals surface area (Å²) in [7, 11) is 0. The number of aryl methyl sites for hydroxylation is 1. The number of amides is 1. The molecule has 0 aromatic carbocycles. The molecule has 3 rings (SSSR count). The summed E-state index contributed by atoms with van der Waals surface area (Å²) >= 11 is 0. The summed E-state index contributed by atoms with van der Waals surface area (Å²) < 4.78 is 27.8. The Labute approximate surface area is 161 Å². The first-order chi connectivity index (χ1) is 13.3. The van der Waals surface area contributed by atoms with Crippen LogP contribution in [0.4, 0.5) is 26.1 Å². The van der Waals surface area contributed by atoms with Gasteiger partial charge in [0.1, 0.15) is 5.82 Å². The van der Waals surface area contributed by atoms with E-state index in [1.807, 2.05) is 13.0 Å². The molecule has 0 aliphatic heterocycles. The Hall–Kier alpha value is -2.88. The lowest BCUT2D eigenvalue weighted by atomic mass is 9.87. The predicted molar refractivity (Wildman–Crippen MR) is 102 cm³/mol. The van der Waals surface area contributed by atoms with Gasteiger partial charge >= 0.3 is 0 Å². The smallest absolute Gasteiger partial charge is 0.271 e. The average Bonchev–Trinajstić information content (AvgIpc) is 2.65. The molecule has 1 aliphatic carbocycles. The molecule has 0 bridgehead atoms. The van der Waals surface area contributed by atoms with Gasteiger partial charge in [0.05, 0.1) is 12.2 Å². The zero-order valence-electron chi connectivity index (χ0n) is 15.5. The Kier molecular flexibility index (Phi) is 5.68. The van der Waals surface area contributed by atoms with Crippen LogP contribution in [-0.4, -0.2) is 38.9 Å². The Balaban J connectivity index is 1.86. The van der Waals surface area contributed by atoms with Crippen LogP contribution in [0.1, 0.15) is 42.4 Å². The quantitative estimate of drug-likeness (QED) is 0.593. The van der Waals surface area contributed by atoms with Crippen LogP contribution >= 0.6 is 0 Å². The van der Waals surface area contributed by atoms with Crippen molar-refractivity contribution in [1.82, 2.24) is 15.0 Å². The molecule has 8 nitrogen and oxygen atoms in total. The van der Waals surface area contributed by atoms with Crippen LogP contribution in [0, 0.1) is 0 Å². The second kappa shape index (κ2) is 8.01. The number of nitrogens with zero attached hydrogens (tertiary/aromatic N) is 3. The van der Waals surface area contributed by atoms with E-state index in [2.05, 4.69) is 25.6 Å². The molecule has 1 saturated carbocycles. The van der Waals surface area contributed by atoms with Crippen LogP contribution in [0.15, 0.2) is 24.5 Å². The molecule has 2 atom stereocenters. The lowest BCUT2D eigenvalue weighted by Gasteiger charge is -2.36. The summed E-state index contributed by atoms with van der Waals surface area (Å²) in [5.74, 6) is -3.34. The fraction of sp³-hybridized carbons (Fsp3) is 0.444. The number of nitrogens with two attached hydrogens (primary N) is 2. The van der Waals surface area contributed by atoms with E-state index in [1.54, 1.807) is 12.3 Å². The van der Waals surface area contributed by atoms with Gasteiger partial charge in [-0.1, -0.05) is 6.92 Å². The van der Waals surface area contributed by atoms with Crippen LogP contribution in [0.2, 0.25) is 0 Å². The van der Waals surface area contributed by atoms with Crippen molar-refractivity contribution in [2.45, 2.75) is 50.6 Å². The molecular formula is C18H23F2N7O. The lowest BCUT2D eigenvalue weighted by molar-refractivity contribution is -0.0554. The van der Waals surface area contributed by atoms with Crippen LogP contribution in [0.3, 0.4) is 0 Å². The molecule has 1 aliphatic rings. The molecular weight excluding hydrogens is 368 g/mol. The highest BCUT2D eigenvalue weighted by atomic mass is 19.3. The molecule has 28 heavy (non-hydrogen) atoms. The number of pyridine rings is 1. The fourth-order valence-electron chi connectivity index (χ4n) is 3.16. The number of halogens is 2. The largest absolute Gasteiger partial charge is 0.364 e. The van der Waals surface area contributed by atoms with Gasteiger partial charge in [-0.3, -0.25) is 9.78 Å². The van der Waals surface area contributed by atoms with E-state index < -0.39 is 23.9 Å². The van der Waals surface area contributed by atoms with E-state index in [0.717, 1.165) is 12.1 Å².